The molecule has 0 atom stereocenters. The second-order valence-corrected chi connectivity index (χ2v) is 6.37. The van der Waals surface area contributed by atoms with Gasteiger partial charge in [0.15, 0.2) is 0 Å². The lowest BCUT2D eigenvalue weighted by Crippen LogP contribution is -2.38. The molecular weight excluding hydrogens is 320 g/mol. The van der Waals surface area contributed by atoms with Crippen LogP contribution >= 0.6 is 0 Å². The third-order valence-corrected chi connectivity index (χ3v) is 4.79. The van der Waals surface area contributed by atoms with E-state index >= 15 is 0 Å². The first-order valence-corrected chi connectivity index (χ1v) is 8.36. The fourth-order valence-electron chi connectivity index (χ4n) is 3.27. The average Bonchev–Trinajstić information content (AvgIpc) is 3.35. The Bertz CT molecular complexity index is 884. The second kappa shape index (κ2) is 6.19. The highest BCUT2D eigenvalue weighted by atomic mass is 16.5. The molecule has 4 heterocycles. The van der Waals surface area contributed by atoms with Crippen molar-refractivity contribution in [3.05, 3.63) is 42.2 Å². The molecule has 3 aromatic heterocycles. The zero-order valence-corrected chi connectivity index (χ0v) is 14.3. The summed E-state index contributed by atoms with van der Waals surface area (Å²) in [4.78, 5) is 19.0. The summed E-state index contributed by atoms with van der Waals surface area (Å²) < 4.78 is 9.05. The number of likely N-dealkylation sites (tertiary alicyclic amines) is 1. The van der Waals surface area contributed by atoms with Gasteiger partial charge in [-0.1, -0.05) is 5.16 Å². The van der Waals surface area contributed by atoms with Gasteiger partial charge in [0.05, 0.1) is 5.69 Å². The molecule has 0 bridgehead atoms. The van der Waals surface area contributed by atoms with Gasteiger partial charge in [-0.25, -0.2) is 0 Å². The van der Waals surface area contributed by atoms with Gasteiger partial charge in [0.25, 0.3) is 5.91 Å². The van der Waals surface area contributed by atoms with Gasteiger partial charge in [-0.2, -0.15) is 10.1 Å². The van der Waals surface area contributed by atoms with Crippen molar-refractivity contribution in [1.29, 1.82) is 0 Å². The molecule has 130 valence electrons. The first-order chi connectivity index (χ1) is 12.1. The number of hydrogen-bond donors (Lipinski definition) is 0. The molecule has 25 heavy (non-hydrogen) atoms. The minimum absolute atomic E-state index is 0.0217. The molecule has 1 saturated heterocycles. The molecule has 0 saturated carbocycles. The molecule has 0 N–H and O–H groups in total. The monoisotopic (exact) mass is 340 g/mol. The number of aromatic nitrogens is 5. The highest BCUT2D eigenvalue weighted by Crippen LogP contribution is 2.29. The Morgan fingerprint density at radius 1 is 1.24 bits per heavy atom. The van der Waals surface area contributed by atoms with E-state index in [0.717, 1.165) is 18.5 Å². The molecule has 1 fully saturated rings. The van der Waals surface area contributed by atoms with E-state index in [1.807, 2.05) is 34.8 Å². The van der Waals surface area contributed by atoms with Crippen molar-refractivity contribution in [3.63, 3.8) is 0 Å². The van der Waals surface area contributed by atoms with Crippen molar-refractivity contribution >= 4 is 5.91 Å². The van der Waals surface area contributed by atoms with Gasteiger partial charge in [-0.05, 0) is 31.0 Å². The van der Waals surface area contributed by atoms with Gasteiger partial charge >= 0.3 is 0 Å². The van der Waals surface area contributed by atoms with Crippen LogP contribution in [0.25, 0.3) is 11.5 Å². The molecule has 0 aliphatic carbocycles. The summed E-state index contributed by atoms with van der Waals surface area (Å²) in [6.45, 7) is 1.35. The van der Waals surface area contributed by atoms with Crippen molar-refractivity contribution in [2.24, 2.45) is 14.1 Å². The SMILES string of the molecule is Cn1cccc1-c1noc(C2CCN(C(=O)c3ccnn3C)CC2)n1. The predicted octanol–water partition coefficient (Wildman–Crippen LogP) is 1.83. The highest BCUT2D eigenvalue weighted by Gasteiger charge is 2.29. The van der Waals surface area contributed by atoms with E-state index in [0.29, 0.717) is 30.5 Å². The Labute approximate surface area is 145 Å². The maximum atomic E-state index is 12.5. The summed E-state index contributed by atoms with van der Waals surface area (Å²) in [6, 6.07) is 5.66. The van der Waals surface area contributed by atoms with Crippen molar-refractivity contribution in [2.75, 3.05) is 13.1 Å². The van der Waals surface area contributed by atoms with Crippen LogP contribution in [-0.2, 0) is 14.1 Å². The first-order valence-electron chi connectivity index (χ1n) is 8.36. The maximum Gasteiger partial charge on any atom is 0.272 e. The molecule has 4 rings (SSSR count). The summed E-state index contributed by atoms with van der Waals surface area (Å²) >= 11 is 0. The molecular formula is C17H20N6O2. The number of piperidine rings is 1. The maximum absolute atomic E-state index is 12.5. The number of hydrogen-bond acceptors (Lipinski definition) is 5. The standard InChI is InChI=1S/C17H20N6O2/c1-21-9-3-4-13(21)15-19-16(25-20-15)12-6-10-23(11-7-12)17(24)14-5-8-18-22(14)2/h3-5,8-9,12H,6-7,10-11H2,1-2H3. The van der Waals surface area contributed by atoms with Gasteiger partial charge in [0.2, 0.25) is 11.7 Å². The minimum Gasteiger partial charge on any atom is -0.348 e. The van der Waals surface area contributed by atoms with E-state index in [1.54, 1.807) is 24.0 Å². The molecule has 0 aromatic carbocycles. The van der Waals surface area contributed by atoms with Crippen LogP contribution in [-0.4, -0.2) is 48.4 Å². The molecule has 8 heteroatoms. The topological polar surface area (TPSA) is 82.0 Å². The van der Waals surface area contributed by atoms with E-state index < -0.39 is 0 Å². The highest BCUT2D eigenvalue weighted by molar-refractivity contribution is 5.92. The van der Waals surface area contributed by atoms with E-state index in [1.165, 1.54) is 0 Å². The van der Waals surface area contributed by atoms with E-state index in [-0.39, 0.29) is 11.8 Å². The summed E-state index contributed by atoms with van der Waals surface area (Å²) in [5.41, 5.74) is 1.54. The molecule has 0 spiro atoms. The lowest BCUT2D eigenvalue weighted by molar-refractivity contribution is 0.0693. The average molecular weight is 340 g/mol. The van der Waals surface area contributed by atoms with Crippen LogP contribution in [0.15, 0.2) is 35.1 Å². The lowest BCUT2D eigenvalue weighted by Gasteiger charge is -2.30. The summed E-state index contributed by atoms with van der Waals surface area (Å²) in [6.07, 6.45) is 5.23. The smallest absolute Gasteiger partial charge is 0.272 e. The Morgan fingerprint density at radius 2 is 2.04 bits per heavy atom. The molecule has 8 nitrogen and oxygen atoms in total. The Hall–Kier alpha value is -2.90. The van der Waals surface area contributed by atoms with Crippen LogP contribution in [0.1, 0.15) is 35.1 Å². The number of carbonyl (C=O) groups excluding carboxylic acids is 1. The molecule has 0 unspecified atom stereocenters. The van der Waals surface area contributed by atoms with Crippen LogP contribution in [0.3, 0.4) is 0 Å². The lowest BCUT2D eigenvalue weighted by atomic mass is 9.96. The molecule has 1 amide bonds. The van der Waals surface area contributed by atoms with Crippen LogP contribution in [0.5, 0.6) is 0 Å². The largest absolute Gasteiger partial charge is 0.348 e. The zero-order valence-electron chi connectivity index (χ0n) is 14.3. The third kappa shape index (κ3) is 2.84. The summed E-state index contributed by atoms with van der Waals surface area (Å²) in [5, 5.41) is 8.17. The van der Waals surface area contributed by atoms with Gasteiger partial charge in [0.1, 0.15) is 5.69 Å². The predicted molar refractivity (Wildman–Crippen MR) is 89.8 cm³/mol. The Kier molecular flexibility index (Phi) is 3.87. The first kappa shape index (κ1) is 15.6. The summed E-state index contributed by atoms with van der Waals surface area (Å²) in [5.74, 6) is 1.48. The fourth-order valence-corrected chi connectivity index (χ4v) is 3.27. The number of amides is 1. The van der Waals surface area contributed by atoms with Gasteiger partial charge < -0.3 is 14.0 Å². The van der Waals surface area contributed by atoms with E-state index in [9.17, 15) is 4.79 Å². The van der Waals surface area contributed by atoms with Crippen LogP contribution < -0.4 is 0 Å². The number of rotatable bonds is 3. The van der Waals surface area contributed by atoms with Gasteiger partial charge in [-0.3, -0.25) is 9.48 Å². The zero-order chi connectivity index (χ0) is 17.4. The fraction of sp³-hybridized carbons (Fsp3) is 0.412. The van der Waals surface area contributed by atoms with Crippen molar-refractivity contribution in [3.8, 4) is 11.5 Å². The molecule has 1 aliphatic heterocycles. The van der Waals surface area contributed by atoms with Crippen LogP contribution in [0, 0.1) is 0 Å². The number of aryl methyl sites for hydroxylation is 2. The van der Waals surface area contributed by atoms with Crippen molar-refractivity contribution in [1.82, 2.24) is 29.4 Å². The van der Waals surface area contributed by atoms with Crippen LogP contribution in [0.2, 0.25) is 0 Å². The van der Waals surface area contributed by atoms with E-state index in [4.69, 9.17) is 4.52 Å². The Morgan fingerprint density at radius 3 is 2.68 bits per heavy atom. The van der Waals surface area contributed by atoms with E-state index in [2.05, 4.69) is 15.2 Å². The Balaban J connectivity index is 1.42. The third-order valence-electron chi connectivity index (χ3n) is 4.79. The van der Waals surface area contributed by atoms with Crippen LogP contribution in [0.4, 0.5) is 0 Å². The molecule has 1 aliphatic rings. The molecule has 3 aromatic rings. The van der Waals surface area contributed by atoms with Gasteiger partial charge in [0, 0.05) is 45.5 Å². The van der Waals surface area contributed by atoms with Gasteiger partial charge in [-0.15, -0.1) is 0 Å². The number of carbonyl (C=O) groups is 1. The minimum atomic E-state index is 0.0217. The quantitative estimate of drug-likeness (QED) is 0.726. The van der Waals surface area contributed by atoms with Crippen molar-refractivity contribution in [2.45, 2.75) is 18.8 Å². The number of nitrogens with zero attached hydrogens (tertiary/aromatic N) is 6. The molecule has 0 radical (unpaired) electrons. The second-order valence-electron chi connectivity index (χ2n) is 6.37. The normalized spacial score (nSPS) is 15.7. The summed E-state index contributed by atoms with van der Waals surface area (Å²) in [7, 11) is 3.73. The van der Waals surface area contributed by atoms with Crippen molar-refractivity contribution < 1.29 is 9.32 Å².